The summed E-state index contributed by atoms with van der Waals surface area (Å²) in [6.45, 7) is 0. The number of aromatic carboxylic acids is 1. The molecule has 0 amide bonds. The van der Waals surface area contributed by atoms with Crippen molar-refractivity contribution in [3.63, 3.8) is 0 Å². The third-order valence-electron chi connectivity index (χ3n) is 3.05. The zero-order valence-corrected chi connectivity index (χ0v) is 10.6. The second-order valence-corrected chi connectivity index (χ2v) is 4.40. The van der Waals surface area contributed by atoms with Gasteiger partial charge in [0.15, 0.2) is 0 Å². The minimum absolute atomic E-state index is 0.273. The van der Waals surface area contributed by atoms with Crippen molar-refractivity contribution in [1.29, 1.82) is 0 Å². The number of aromatic nitrogens is 2. The summed E-state index contributed by atoms with van der Waals surface area (Å²) in [4.78, 5) is 11.0. The van der Waals surface area contributed by atoms with Gasteiger partial charge in [0.25, 0.3) is 0 Å². The van der Waals surface area contributed by atoms with E-state index in [4.69, 9.17) is 5.11 Å². The molecule has 4 nitrogen and oxygen atoms in total. The quantitative estimate of drug-likeness (QED) is 0.790. The summed E-state index contributed by atoms with van der Waals surface area (Å²) in [6.07, 6.45) is 3.62. The molecule has 4 heteroatoms. The lowest BCUT2D eigenvalue weighted by Gasteiger charge is -2.00. The number of benzene rings is 2. The molecule has 0 bridgehead atoms. The Hall–Kier alpha value is -2.88. The Kier molecular flexibility index (Phi) is 3.05. The number of carboxylic acids is 1. The van der Waals surface area contributed by atoms with E-state index in [1.807, 2.05) is 42.6 Å². The molecule has 20 heavy (non-hydrogen) atoms. The van der Waals surface area contributed by atoms with Crippen LogP contribution in [0.1, 0.15) is 10.4 Å². The summed E-state index contributed by atoms with van der Waals surface area (Å²) >= 11 is 0. The zero-order chi connectivity index (χ0) is 13.9. The molecule has 1 aromatic heterocycles. The molecule has 1 heterocycles. The fourth-order valence-electron chi connectivity index (χ4n) is 2.03. The van der Waals surface area contributed by atoms with E-state index in [2.05, 4.69) is 5.10 Å². The van der Waals surface area contributed by atoms with Crippen LogP contribution < -0.4 is 0 Å². The van der Waals surface area contributed by atoms with Crippen molar-refractivity contribution in [2.24, 2.45) is 0 Å². The van der Waals surface area contributed by atoms with Gasteiger partial charge in [-0.05, 0) is 29.8 Å². The van der Waals surface area contributed by atoms with Crippen molar-refractivity contribution < 1.29 is 9.90 Å². The standard InChI is InChI=1S/C16H12N2O2/c19-16(20)13-6-4-5-12(9-13)14-10-17-18(11-14)15-7-2-1-3-8-15/h1-11H,(H,19,20). The predicted molar refractivity (Wildman–Crippen MR) is 76.0 cm³/mol. The molecule has 0 aliphatic rings. The van der Waals surface area contributed by atoms with E-state index in [9.17, 15) is 4.79 Å². The summed E-state index contributed by atoms with van der Waals surface area (Å²) in [5, 5.41) is 13.3. The van der Waals surface area contributed by atoms with Crippen LogP contribution in [0.3, 0.4) is 0 Å². The Morgan fingerprint density at radius 1 is 1.00 bits per heavy atom. The minimum atomic E-state index is -0.928. The van der Waals surface area contributed by atoms with Gasteiger partial charge in [-0.2, -0.15) is 5.10 Å². The van der Waals surface area contributed by atoms with Crippen LogP contribution in [-0.2, 0) is 0 Å². The second-order valence-electron chi connectivity index (χ2n) is 4.40. The highest BCUT2D eigenvalue weighted by Crippen LogP contribution is 2.21. The molecule has 0 spiro atoms. The number of carbonyl (C=O) groups is 1. The SMILES string of the molecule is O=C(O)c1cccc(-c2cnn(-c3ccccc3)c2)c1. The molecular weight excluding hydrogens is 252 g/mol. The molecule has 0 fully saturated rings. The van der Waals surface area contributed by atoms with E-state index in [-0.39, 0.29) is 5.56 Å². The second kappa shape index (κ2) is 5.01. The smallest absolute Gasteiger partial charge is 0.335 e. The van der Waals surface area contributed by atoms with Crippen LogP contribution in [-0.4, -0.2) is 20.9 Å². The molecule has 0 unspecified atom stereocenters. The number of carboxylic acid groups (broad SMARTS) is 1. The van der Waals surface area contributed by atoms with Crippen LogP contribution in [0.2, 0.25) is 0 Å². The van der Waals surface area contributed by atoms with Gasteiger partial charge in [-0.25, -0.2) is 9.48 Å². The van der Waals surface area contributed by atoms with Crippen LogP contribution in [0.4, 0.5) is 0 Å². The molecule has 3 aromatic rings. The molecular formula is C16H12N2O2. The van der Waals surface area contributed by atoms with Gasteiger partial charge in [0.1, 0.15) is 0 Å². The normalized spacial score (nSPS) is 10.4. The van der Waals surface area contributed by atoms with Crippen molar-refractivity contribution in [2.45, 2.75) is 0 Å². The molecule has 0 saturated carbocycles. The van der Waals surface area contributed by atoms with Gasteiger partial charge in [0, 0.05) is 11.8 Å². The summed E-state index contributed by atoms with van der Waals surface area (Å²) in [5.41, 5.74) is 2.96. The van der Waals surface area contributed by atoms with E-state index in [1.54, 1.807) is 29.1 Å². The zero-order valence-electron chi connectivity index (χ0n) is 10.6. The Morgan fingerprint density at radius 2 is 1.80 bits per heavy atom. The maximum Gasteiger partial charge on any atom is 0.335 e. The Balaban J connectivity index is 1.98. The average molecular weight is 264 g/mol. The maximum atomic E-state index is 11.0. The molecule has 0 aliphatic carbocycles. The molecule has 3 rings (SSSR count). The first kappa shape index (κ1) is 12.2. The number of hydrogen-bond donors (Lipinski definition) is 1. The lowest BCUT2D eigenvalue weighted by molar-refractivity contribution is 0.0697. The van der Waals surface area contributed by atoms with Gasteiger partial charge in [-0.1, -0.05) is 30.3 Å². The van der Waals surface area contributed by atoms with Crippen LogP contribution in [0.15, 0.2) is 67.0 Å². The number of para-hydroxylation sites is 1. The van der Waals surface area contributed by atoms with Gasteiger partial charge in [0.2, 0.25) is 0 Å². The molecule has 0 saturated heterocycles. The number of hydrogen-bond acceptors (Lipinski definition) is 2. The maximum absolute atomic E-state index is 11.0. The van der Waals surface area contributed by atoms with Crippen LogP contribution >= 0.6 is 0 Å². The van der Waals surface area contributed by atoms with E-state index in [0.717, 1.165) is 16.8 Å². The first-order valence-corrected chi connectivity index (χ1v) is 6.18. The highest BCUT2D eigenvalue weighted by molar-refractivity contribution is 5.89. The van der Waals surface area contributed by atoms with E-state index in [1.165, 1.54) is 0 Å². The monoisotopic (exact) mass is 264 g/mol. The van der Waals surface area contributed by atoms with Gasteiger partial charge in [-0.3, -0.25) is 0 Å². The predicted octanol–water partition coefficient (Wildman–Crippen LogP) is 3.24. The van der Waals surface area contributed by atoms with Crippen molar-refractivity contribution >= 4 is 5.97 Å². The van der Waals surface area contributed by atoms with Crippen LogP contribution in [0, 0.1) is 0 Å². The third kappa shape index (κ3) is 2.31. The summed E-state index contributed by atoms with van der Waals surface area (Å²) in [7, 11) is 0. The van der Waals surface area contributed by atoms with Crippen LogP contribution in [0.5, 0.6) is 0 Å². The largest absolute Gasteiger partial charge is 0.478 e. The van der Waals surface area contributed by atoms with Crippen molar-refractivity contribution in [3.05, 3.63) is 72.6 Å². The summed E-state index contributed by atoms with van der Waals surface area (Å²) in [6, 6.07) is 16.6. The minimum Gasteiger partial charge on any atom is -0.478 e. The summed E-state index contributed by atoms with van der Waals surface area (Å²) < 4.78 is 1.77. The van der Waals surface area contributed by atoms with E-state index < -0.39 is 5.97 Å². The van der Waals surface area contributed by atoms with E-state index >= 15 is 0 Å². The number of nitrogens with zero attached hydrogens (tertiary/aromatic N) is 2. The topological polar surface area (TPSA) is 55.1 Å². The van der Waals surface area contributed by atoms with Gasteiger partial charge in [-0.15, -0.1) is 0 Å². The van der Waals surface area contributed by atoms with E-state index in [0.29, 0.717) is 0 Å². The Bertz CT molecular complexity index is 748. The Labute approximate surface area is 115 Å². The van der Waals surface area contributed by atoms with Gasteiger partial charge in [0.05, 0.1) is 17.4 Å². The lowest BCUT2D eigenvalue weighted by atomic mass is 10.1. The molecule has 0 atom stereocenters. The number of rotatable bonds is 3. The van der Waals surface area contributed by atoms with Crippen LogP contribution in [0.25, 0.3) is 16.8 Å². The first-order chi connectivity index (χ1) is 9.74. The molecule has 98 valence electrons. The third-order valence-corrected chi connectivity index (χ3v) is 3.05. The fourth-order valence-corrected chi connectivity index (χ4v) is 2.03. The highest BCUT2D eigenvalue weighted by Gasteiger charge is 2.07. The highest BCUT2D eigenvalue weighted by atomic mass is 16.4. The molecule has 0 radical (unpaired) electrons. The molecule has 1 N–H and O–H groups in total. The molecule has 0 aliphatic heterocycles. The Morgan fingerprint density at radius 3 is 2.55 bits per heavy atom. The van der Waals surface area contributed by atoms with Gasteiger partial charge >= 0.3 is 5.97 Å². The lowest BCUT2D eigenvalue weighted by Crippen LogP contribution is -1.95. The molecule has 2 aromatic carbocycles. The first-order valence-electron chi connectivity index (χ1n) is 6.18. The fraction of sp³-hybridized carbons (Fsp3) is 0. The summed E-state index contributed by atoms with van der Waals surface area (Å²) in [5.74, 6) is -0.928. The average Bonchev–Trinajstić information content (AvgIpc) is 2.98. The van der Waals surface area contributed by atoms with Crippen molar-refractivity contribution in [1.82, 2.24) is 9.78 Å². The van der Waals surface area contributed by atoms with Gasteiger partial charge < -0.3 is 5.11 Å². The van der Waals surface area contributed by atoms with Crippen molar-refractivity contribution in [3.8, 4) is 16.8 Å². The van der Waals surface area contributed by atoms with Crippen molar-refractivity contribution in [2.75, 3.05) is 0 Å².